The van der Waals surface area contributed by atoms with Crippen molar-refractivity contribution in [3.05, 3.63) is 29.3 Å². The summed E-state index contributed by atoms with van der Waals surface area (Å²) >= 11 is 0. The number of methoxy groups -OCH3 is 1. The van der Waals surface area contributed by atoms with Gasteiger partial charge in [0, 0.05) is 12.6 Å². The van der Waals surface area contributed by atoms with Gasteiger partial charge in [-0.15, -0.1) is 0 Å². The number of hydrogen-bond acceptors (Lipinski definition) is 5. The van der Waals surface area contributed by atoms with Crippen molar-refractivity contribution in [3.8, 4) is 5.75 Å². The van der Waals surface area contributed by atoms with Crippen molar-refractivity contribution >= 4 is 5.84 Å². The first-order chi connectivity index (χ1) is 10.2. The van der Waals surface area contributed by atoms with Gasteiger partial charge in [-0.3, -0.25) is 0 Å². The standard InChI is InChI=1S/C15H21N3O3/c1-20-13-4-2-9(6-11(13)15(16)18-19)8-17-12-7-10-3-5-14(12)21-10/h2,4,6,10,12,14,17,19H,3,5,7-8H2,1H3,(H2,16,18). The smallest absolute Gasteiger partial charge is 0.173 e. The maximum Gasteiger partial charge on any atom is 0.173 e. The molecule has 3 rings (SSSR count). The molecule has 1 aromatic carbocycles. The Hall–Kier alpha value is -1.79. The van der Waals surface area contributed by atoms with E-state index >= 15 is 0 Å². The molecule has 1 aromatic rings. The molecule has 6 nitrogen and oxygen atoms in total. The monoisotopic (exact) mass is 291 g/mol. The first kappa shape index (κ1) is 14.2. The van der Waals surface area contributed by atoms with Crippen LogP contribution in [0.25, 0.3) is 0 Å². The number of nitrogens with one attached hydrogen (secondary N) is 1. The van der Waals surface area contributed by atoms with Gasteiger partial charge in [0.1, 0.15) is 5.75 Å². The summed E-state index contributed by atoms with van der Waals surface area (Å²) in [5.74, 6) is 0.647. The number of nitrogens with two attached hydrogens (primary N) is 1. The third-order valence-electron chi connectivity index (χ3n) is 4.32. The fraction of sp³-hybridized carbons (Fsp3) is 0.533. The number of amidine groups is 1. The number of ether oxygens (including phenoxy) is 2. The van der Waals surface area contributed by atoms with Gasteiger partial charge in [0.25, 0.3) is 0 Å². The van der Waals surface area contributed by atoms with Crippen LogP contribution in [-0.2, 0) is 11.3 Å². The van der Waals surface area contributed by atoms with E-state index in [1.54, 1.807) is 7.11 Å². The lowest BCUT2D eigenvalue weighted by Crippen LogP contribution is -2.37. The number of nitrogens with zero attached hydrogens (tertiary/aromatic N) is 1. The van der Waals surface area contributed by atoms with Crippen LogP contribution in [0.5, 0.6) is 5.75 Å². The number of benzene rings is 1. The summed E-state index contributed by atoms with van der Waals surface area (Å²) in [7, 11) is 1.56. The van der Waals surface area contributed by atoms with Crippen molar-refractivity contribution in [1.82, 2.24) is 5.32 Å². The molecular weight excluding hydrogens is 270 g/mol. The van der Waals surface area contributed by atoms with Crippen LogP contribution in [-0.4, -0.2) is 36.4 Å². The van der Waals surface area contributed by atoms with Crippen molar-refractivity contribution < 1.29 is 14.7 Å². The van der Waals surface area contributed by atoms with Gasteiger partial charge in [0.15, 0.2) is 5.84 Å². The summed E-state index contributed by atoms with van der Waals surface area (Å²) in [6.07, 6.45) is 4.24. The molecule has 2 fully saturated rings. The highest BCUT2D eigenvalue weighted by Crippen LogP contribution is 2.34. The Bertz CT molecular complexity index is 547. The second-order valence-electron chi connectivity index (χ2n) is 5.62. The molecule has 2 aliphatic heterocycles. The summed E-state index contributed by atoms with van der Waals surface area (Å²) in [6, 6.07) is 6.13. The van der Waals surface area contributed by atoms with Crippen LogP contribution >= 0.6 is 0 Å². The zero-order valence-electron chi connectivity index (χ0n) is 12.1. The zero-order chi connectivity index (χ0) is 14.8. The second kappa shape index (κ2) is 5.91. The maximum atomic E-state index is 8.85. The molecular formula is C15H21N3O3. The van der Waals surface area contributed by atoms with Crippen LogP contribution in [0.3, 0.4) is 0 Å². The molecule has 4 N–H and O–H groups in total. The van der Waals surface area contributed by atoms with Crippen molar-refractivity contribution in [2.45, 2.75) is 44.1 Å². The molecule has 0 aliphatic carbocycles. The fourth-order valence-corrected chi connectivity index (χ4v) is 3.22. The Morgan fingerprint density at radius 3 is 3.00 bits per heavy atom. The fourth-order valence-electron chi connectivity index (χ4n) is 3.22. The Morgan fingerprint density at radius 2 is 2.38 bits per heavy atom. The van der Waals surface area contributed by atoms with Gasteiger partial charge in [-0.1, -0.05) is 11.2 Å². The molecule has 3 unspecified atom stereocenters. The largest absolute Gasteiger partial charge is 0.496 e. The number of fused-ring (bicyclic) bond motifs is 2. The summed E-state index contributed by atoms with van der Waals surface area (Å²) in [6.45, 7) is 0.729. The average molecular weight is 291 g/mol. The summed E-state index contributed by atoms with van der Waals surface area (Å²) < 4.78 is 11.1. The summed E-state index contributed by atoms with van der Waals surface area (Å²) in [5, 5.41) is 15.4. The van der Waals surface area contributed by atoms with Crippen LogP contribution < -0.4 is 15.8 Å². The predicted molar refractivity (Wildman–Crippen MR) is 78.6 cm³/mol. The van der Waals surface area contributed by atoms with Crippen molar-refractivity contribution in [1.29, 1.82) is 0 Å². The molecule has 114 valence electrons. The minimum absolute atomic E-state index is 0.0527. The Morgan fingerprint density at radius 1 is 1.52 bits per heavy atom. The number of hydrogen-bond donors (Lipinski definition) is 3. The Kier molecular flexibility index (Phi) is 3.98. The predicted octanol–water partition coefficient (Wildman–Crippen LogP) is 1.20. The van der Waals surface area contributed by atoms with Crippen LogP contribution in [0, 0.1) is 0 Å². The molecule has 0 aromatic heterocycles. The molecule has 6 heteroatoms. The zero-order valence-corrected chi connectivity index (χ0v) is 12.1. The summed E-state index contributed by atoms with van der Waals surface area (Å²) in [4.78, 5) is 0. The third-order valence-corrected chi connectivity index (χ3v) is 4.32. The van der Waals surface area contributed by atoms with E-state index in [0.29, 0.717) is 29.6 Å². The van der Waals surface area contributed by atoms with Crippen molar-refractivity contribution in [2.24, 2.45) is 10.9 Å². The molecule has 0 amide bonds. The quantitative estimate of drug-likeness (QED) is 0.328. The summed E-state index contributed by atoms with van der Waals surface area (Å²) in [5.41, 5.74) is 7.36. The SMILES string of the molecule is COc1ccc(CNC2CC3CCC2O3)cc1/C(N)=N/O. The minimum Gasteiger partial charge on any atom is -0.496 e. The van der Waals surface area contributed by atoms with E-state index in [1.165, 1.54) is 6.42 Å². The molecule has 2 aliphatic rings. The van der Waals surface area contributed by atoms with E-state index in [9.17, 15) is 0 Å². The highest BCUT2D eigenvalue weighted by atomic mass is 16.5. The van der Waals surface area contributed by atoms with Gasteiger partial charge in [0.05, 0.1) is 24.9 Å². The molecule has 0 radical (unpaired) electrons. The molecule has 3 atom stereocenters. The van der Waals surface area contributed by atoms with E-state index in [2.05, 4.69) is 10.5 Å². The van der Waals surface area contributed by atoms with Gasteiger partial charge < -0.3 is 25.7 Å². The molecule has 21 heavy (non-hydrogen) atoms. The molecule has 2 saturated heterocycles. The normalized spacial score (nSPS) is 28.0. The first-order valence-electron chi connectivity index (χ1n) is 7.25. The van der Waals surface area contributed by atoms with E-state index in [1.807, 2.05) is 18.2 Å². The van der Waals surface area contributed by atoms with Crippen LogP contribution in [0.15, 0.2) is 23.4 Å². The Labute approximate surface area is 123 Å². The maximum absolute atomic E-state index is 8.85. The van der Waals surface area contributed by atoms with E-state index in [4.69, 9.17) is 20.4 Å². The first-order valence-corrected chi connectivity index (χ1v) is 7.25. The molecule has 2 bridgehead atoms. The van der Waals surface area contributed by atoms with Crippen molar-refractivity contribution in [3.63, 3.8) is 0 Å². The van der Waals surface area contributed by atoms with Gasteiger partial charge in [-0.05, 0) is 37.0 Å². The number of oxime groups is 1. The number of rotatable bonds is 5. The van der Waals surface area contributed by atoms with Crippen molar-refractivity contribution in [2.75, 3.05) is 7.11 Å². The van der Waals surface area contributed by atoms with Gasteiger partial charge >= 0.3 is 0 Å². The van der Waals surface area contributed by atoms with Gasteiger partial charge in [-0.2, -0.15) is 0 Å². The third kappa shape index (κ3) is 2.82. The minimum atomic E-state index is 0.0527. The van der Waals surface area contributed by atoms with E-state index < -0.39 is 0 Å². The molecule has 0 spiro atoms. The van der Waals surface area contributed by atoms with Crippen LogP contribution in [0.4, 0.5) is 0 Å². The Balaban J connectivity index is 1.68. The second-order valence-corrected chi connectivity index (χ2v) is 5.62. The lowest BCUT2D eigenvalue weighted by molar-refractivity contribution is 0.0973. The lowest BCUT2D eigenvalue weighted by Gasteiger charge is -2.20. The average Bonchev–Trinajstić information content (AvgIpc) is 3.14. The van der Waals surface area contributed by atoms with Gasteiger partial charge in [0.2, 0.25) is 0 Å². The van der Waals surface area contributed by atoms with Gasteiger partial charge in [-0.25, -0.2) is 0 Å². The highest BCUT2D eigenvalue weighted by molar-refractivity contribution is 5.99. The van der Waals surface area contributed by atoms with E-state index in [0.717, 1.165) is 24.9 Å². The van der Waals surface area contributed by atoms with Crippen LogP contribution in [0.1, 0.15) is 30.4 Å². The van der Waals surface area contributed by atoms with E-state index in [-0.39, 0.29) is 5.84 Å². The topological polar surface area (TPSA) is 89.1 Å². The van der Waals surface area contributed by atoms with Crippen LogP contribution in [0.2, 0.25) is 0 Å². The molecule has 2 heterocycles. The molecule has 0 saturated carbocycles. The lowest BCUT2D eigenvalue weighted by atomic mass is 9.95. The highest BCUT2D eigenvalue weighted by Gasteiger charge is 2.40.